The fourth-order valence-electron chi connectivity index (χ4n) is 1.54. The van der Waals surface area contributed by atoms with Crippen LogP contribution < -0.4 is 5.73 Å². The van der Waals surface area contributed by atoms with E-state index in [2.05, 4.69) is 4.98 Å². The number of carboxylic acid groups (broad SMARTS) is 1. The summed E-state index contributed by atoms with van der Waals surface area (Å²) >= 11 is 0. The van der Waals surface area contributed by atoms with Crippen molar-refractivity contribution in [2.75, 3.05) is 5.73 Å². The first-order valence-corrected chi connectivity index (χ1v) is 4.69. The lowest BCUT2D eigenvalue weighted by atomic mass is 10.1. The number of aromatic nitrogens is 2. The molecule has 0 unspecified atom stereocenters. The van der Waals surface area contributed by atoms with Crippen molar-refractivity contribution < 1.29 is 9.90 Å². The van der Waals surface area contributed by atoms with E-state index in [0.717, 1.165) is 11.3 Å². The number of anilines is 1. The lowest BCUT2D eigenvalue weighted by Gasteiger charge is -2.05. The van der Waals surface area contributed by atoms with E-state index in [1.165, 1.54) is 0 Å². The van der Waals surface area contributed by atoms with E-state index >= 15 is 0 Å². The summed E-state index contributed by atoms with van der Waals surface area (Å²) in [5.74, 6) is -1.03. The molecule has 2 rings (SSSR count). The van der Waals surface area contributed by atoms with Crippen LogP contribution in [0.2, 0.25) is 0 Å². The van der Waals surface area contributed by atoms with E-state index in [1.54, 1.807) is 30.7 Å². The summed E-state index contributed by atoms with van der Waals surface area (Å²) < 4.78 is 1.82. The molecule has 82 valence electrons. The molecule has 2 aromatic rings. The molecule has 0 aliphatic carbocycles. The molecule has 0 radical (unpaired) electrons. The van der Waals surface area contributed by atoms with Gasteiger partial charge in [-0.25, -0.2) is 9.78 Å². The third-order valence-corrected chi connectivity index (χ3v) is 2.40. The van der Waals surface area contributed by atoms with Crippen LogP contribution >= 0.6 is 0 Å². The van der Waals surface area contributed by atoms with Crippen molar-refractivity contribution in [2.45, 2.75) is 0 Å². The first kappa shape index (κ1) is 10.2. The first-order chi connectivity index (χ1) is 7.59. The maximum Gasteiger partial charge on any atom is 0.337 e. The van der Waals surface area contributed by atoms with Gasteiger partial charge in [0.15, 0.2) is 0 Å². The van der Waals surface area contributed by atoms with Crippen LogP contribution in [0.3, 0.4) is 0 Å². The number of aryl methyl sites for hydroxylation is 1. The molecule has 0 amide bonds. The lowest BCUT2D eigenvalue weighted by molar-refractivity contribution is 0.0698. The molecule has 0 bridgehead atoms. The van der Waals surface area contributed by atoms with E-state index in [4.69, 9.17) is 10.8 Å². The highest BCUT2D eigenvalue weighted by Gasteiger charge is 2.10. The van der Waals surface area contributed by atoms with Crippen molar-refractivity contribution in [3.63, 3.8) is 0 Å². The monoisotopic (exact) mass is 217 g/mol. The fourth-order valence-corrected chi connectivity index (χ4v) is 1.54. The number of nitrogens with zero attached hydrogens (tertiary/aromatic N) is 2. The van der Waals surface area contributed by atoms with E-state index in [-0.39, 0.29) is 11.3 Å². The number of carbonyl (C=O) groups is 1. The van der Waals surface area contributed by atoms with Gasteiger partial charge in [-0.1, -0.05) is 6.07 Å². The molecule has 1 aromatic heterocycles. The molecule has 16 heavy (non-hydrogen) atoms. The normalized spacial score (nSPS) is 10.3. The minimum absolute atomic E-state index is 0.110. The molecule has 0 aliphatic heterocycles. The Labute approximate surface area is 92.2 Å². The van der Waals surface area contributed by atoms with Crippen molar-refractivity contribution in [2.24, 2.45) is 7.05 Å². The van der Waals surface area contributed by atoms with Crippen LogP contribution in [-0.4, -0.2) is 20.6 Å². The molecule has 0 saturated heterocycles. The average molecular weight is 217 g/mol. The number of hydrogen-bond acceptors (Lipinski definition) is 3. The largest absolute Gasteiger partial charge is 0.478 e. The molecule has 0 spiro atoms. The highest BCUT2D eigenvalue weighted by molar-refractivity contribution is 5.95. The van der Waals surface area contributed by atoms with Crippen LogP contribution in [-0.2, 0) is 7.05 Å². The van der Waals surface area contributed by atoms with Gasteiger partial charge >= 0.3 is 5.97 Å². The second-order valence-electron chi connectivity index (χ2n) is 3.50. The van der Waals surface area contributed by atoms with Crippen molar-refractivity contribution in [3.8, 4) is 11.3 Å². The minimum atomic E-state index is -1.03. The number of nitrogens with two attached hydrogens (primary N) is 1. The number of nitrogen functional groups attached to an aromatic ring is 1. The Morgan fingerprint density at radius 1 is 1.50 bits per heavy atom. The lowest BCUT2D eigenvalue weighted by Crippen LogP contribution is -2.02. The van der Waals surface area contributed by atoms with Crippen LogP contribution in [0.15, 0.2) is 30.7 Å². The summed E-state index contributed by atoms with van der Waals surface area (Å²) in [4.78, 5) is 14.9. The molecular formula is C11H11N3O2. The molecular weight excluding hydrogens is 206 g/mol. The Morgan fingerprint density at radius 3 is 2.81 bits per heavy atom. The first-order valence-electron chi connectivity index (χ1n) is 4.69. The van der Waals surface area contributed by atoms with E-state index in [1.807, 2.05) is 11.6 Å². The average Bonchev–Trinajstić information content (AvgIpc) is 2.65. The van der Waals surface area contributed by atoms with Crippen molar-refractivity contribution in [1.82, 2.24) is 9.55 Å². The third-order valence-electron chi connectivity index (χ3n) is 2.40. The van der Waals surface area contributed by atoms with E-state index < -0.39 is 5.97 Å². The van der Waals surface area contributed by atoms with Crippen molar-refractivity contribution in [3.05, 3.63) is 36.3 Å². The Kier molecular flexibility index (Phi) is 2.36. The van der Waals surface area contributed by atoms with Gasteiger partial charge in [0, 0.05) is 18.3 Å². The zero-order chi connectivity index (χ0) is 11.7. The summed E-state index contributed by atoms with van der Waals surface area (Å²) in [6.07, 6.45) is 3.34. The maximum atomic E-state index is 10.9. The van der Waals surface area contributed by atoms with Crippen LogP contribution in [0.4, 0.5) is 5.69 Å². The van der Waals surface area contributed by atoms with Gasteiger partial charge in [0.2, 0.25) is 0 Å². The number of imidazole rings is 1. The minimum Gasteiger partial charge on any atom is -0.478 e. The Balaban J connectivity index is 2.56. The molecule has 5 heteroatoms. The van der Waals surface area contributed by atoms with Gasteiger partial charge in [0.05, 0.1) is 23.8 Å². The third kappa shape index (κ3) is 1.63. The van der Waals surface area contributed by atoms with Gasteiger partial charge in [-0.15, -0.1) is 0 Å². The van der Waals surface area contributed by atoms with Crippen molar-refractivity contribution >= 4 is 11.7 Å². The standard InChI is InChI=1S/C11H11N3O2/c1-14-6-13-5-10(14)7-2-3-9(12)8(4-7)11(15)16/h2-6H,12H2,1H3,(H,15,16). The highest BCUT2D eigenvalue weighted by atomic mass is 16.4. The number of rotatable bonds is 2. The van der Waals surface area contributed by atoms with Gasteiger partial charge in [-0.05, 0) is 12.1 Å². The zero-order valence-corrected chi connectivity index (χ0v) is 8.71. The molecule has 0 fully saturated rings. The van der Waals surface area contributed by atoms with Crippen LogP contribution in [0.25, 0.3) is 11.3 Å². The van der Waals surface area contributed by atoms with Gasteiger partial charge in [-0.3, -0.25) is 0 Å². The van der Waals surface area contributed by atoms with Gasteiger partial charge in [0.25, 0.3) is 0 Å². The second kappa shape index (κ2) is 3.69. The quantitative estimate of drug-likeness (QED) is 0.744. The van der Waals surface area contributed by atoms with Crippen LogP contribution in [0, 0.1) is 0 Å². The smallest absolute Gasteiger partial charge is 0.337 e. The number of aromatic carboxylic acids is 1. The van der Waals surface area contributed by atoms with Gasteiger partial charge in [-0.2, -0.15) is 0 Å². The zero-order valence-electron chi connectivity index (χ0n) is 8.71. The van der Waals surface area contributed by atoms with Crippen molar-refractivity contribution in [1.29, 1.82) is 0 Å². The number of hydrogen-bond donors (Lipinski definition) is 2. The van der Waals surface area contributed by atoms with Gasteiger partial charge in [0.1, 0.15) is 0 Å². The molecule has 0 atom stereocenters. The Morgan fingerprint density at radius 2 is 2.25 bits per heavy atom. The molecule has 0 saturated carbocycles. The topological polar surface area (TPSA) is 81.1 Å². The Bertz CT molecular complexity index is 546. The summed E-state index contributed by atoms with van der Waals surface area (Å²) in [5, 5.41) is 8.95. The predicted octanol–water partition coefficient (Wildman–Crippen LogP) is 1.37. The summed E-state index contributed by atoms with van der Waals surface area (Å²) in [5.41, 5.74) is 7.58. The maximum absolute atomic E-state index is 10.9. The Hall–Kier alpha value is -2.30. The second-order valence-corrected chi connectivity index (χ2v) is 3.50. The van der Waals surface area contributed by atoms with Gasteiger partial charge < -0.3 is 15.4 Å². The van der Waals surface area contributed by atoms with E-state index in [9.17, 15) is 4.79 Å². The van der Waals surface area contributed by atoms with Crippen LogP contribution in [0.1, 0.15) is 10.4 Å². The van der Waals surface area contributed by atoms with Crippen LogP contribution in [0.5, 0.6) is 0 Å². The molecule has 0 aliphatic rings. The SMILES string of the molecule is Cn1cncc1-c1ccc(N)c(C(=O)O)c1. The fraction of sp³-hybridized carbons (Fsp3) is 0.0909. The summed E-state index contributed by atoms with van der Waals surface area (Å²) in [7, 11) is 1.85. The highest BCUT2D eigenvalue weighted by Crippen LogP contribution is 2.23. The predicted molar refractivity (Wildman–Crippen MR) is 60.0 cm³/mol. The molecule has 5 nitrogen and oxygen atoms in total. The molecule has 1 aromatic carbocycles. The number of carboxylic acids is 1. The van der Waals surface area contributed by atoms with E-state index in [0.29, 0.717) is 0 Å². The summed E-state index contributed by atoms with van der Waals surface area (Å²) in [6.45, 7) is 0. The molecule has 1 heterocycles. The molecule has 3 N–H and O–H groups in total. The number of benzene rings is 1. The summed E-state index contributed by atoms with van der Waals surface area (Å²) in [6, 6.07) is 4.92.